The highest BCUT2D eigenvalue weighted by Gasteiger charge is 2.24. The molecular weight excluding hydrogens is 194 g/mol. The Bertz CT molecular complexity index is 317. The maximum atomic E-state index is 11.8. The summed E-state index contributed by atoms with van der Waals surface area (Å²) in [6, 6.07) is -0.170. The number of amides is 1. The fourth-order valence-corrected chi connectivity index (χ4v) is 1.94. The first-order valence-electron chi connectivity index (χ1n) is 5.31. The Balaban J connectivity index is 1.88. The molecule has 15 heavy (non-hydrogen) atoms. The van der Waals surface area contributed by atoms with Crippen LogP contribution in [0.3, 0.4) is 0 Å². The van der Waals surface area contributed by atoms with E-state index in [1.807, 2.05) is 6.92 Å². The Morgan fingerprint density at radius 3 is 2.87 bits per heavy atom. The molecule has 1 aromatic rings. The van der Waals surface area contributed by atoms with Crippen molar-refractivity contribution < 1.29 is 4.79 Å². The molecule has 1 aliphatic carbocycles. The largest absolute Gasteiger partial charge is 0.346 e. The maximum Gasteiger partial charge on any atom is 0.223 e. The monoisotopic (exact) mass is 209 g/mol. The highest BCUT2D eigenvalue weighted by Crippen LogP contribution is 2.25. The van der Waals surface area contributed by atoms with E-state index in [0.29, 0.717) is 5.82 Å². The van der Waals surface area contributed by atoms with Crippen molar-refractivity contribution in [2.24, 2.45) is 5.92 Å². The second kappa shape index (κ2) is 4.37. The Labute approximate surface area is 87.8 Å². The molecule has 6 nitrogen and oxygen atoms in total. The summed E-state index contributed by atoms with van der Waals surface area (Å²) in [5.41, 5.74) is 0. The van der Waals surface area contributed by atoms with Crippen LogP contribution in [0.2, 0.25) is 0 Å². The number of rotatable bonds is 3. The Hall–Kier alpha value is -1.46. The number of hydrogen-bond acceptors (Lipinski definition) is 4. The van der Waals surface area contributed by atoms with Crippen LogP contribution in [0, 0.1) is 5.92 Å². The zero-order chi connectivity index (χ0) is 10.7. The lowest BCUT2D eigenvalue weighted by atomic mass is 10.1. The van der Waals surface area contributed by atoms with Crippen molar-refractivity contribution in [1.29, 1.82) is 0 Å². The summed E-state index contributed by atoms with van der Waals surface area (Å²) < 4.78 is 0. The average molecular weight is 209 g/mol. The van der Waals surface area contributed by atoms with Gasteiger partial charge in [0, 0.05) is 5.92 Å². The minimum atomic E-state index is -0.170. The van der Waals surface area contributed by atoms with Crippen molar-refractivity contribution in [3.63, 3.8) is 0 Å². The summed E-state index contributed by atoms with van der Waals surface area (Å²) in [5.74, 6) is 0.825. The molecule has 6 heteroatoms. The van der Waals surface area contributed by atoms with E-state index in [0.717, 1.165) is 25.7 Å². The molecule has 1 aromatic heterocycles. The van der Waals surface area contributed by atoms with Gasteiger partial charge in [-0.3, -0.25) is 4.79 Å². The quantitative estimate of drug-likeness (QED) is 0.762. The van der Waals surface area contributed by atoms with Crippen molar-refractivity contribution >= 4 is 5.91 Å². The fourth-order valence-electron chi connectivity index (χ4n) is 1.94. The van der Waals surface area contributed by atoms with Crippen LogP contribution in [-0.2, 0) is 4.79 Å². The number of hydrogen-bond donors (Lipinski definition) is 2. The maximum absolute atomic E-state index is 11.8. The number of carbonyl (C=O) groups excluding carboxylic acids is 1. The molecule has 0 aromatic carbocycles. The van der Waals surface area contributed by atoms with Crippen LogP contribution in [-0.4, -0.2) is 26.5 Å². The van der Waals surface area contributed by atoms with Gasteiger partial charge in [0.2, 0.25) is 5.91 Å². The third-order valence-corrected chi connectivity index (χ3v) is 2.83. The SMILES string of the molecule is CC(NC(=O)C1CCCC1)c1nn[nH]n1. The smallest absolute Gasteiger partial charge is 0.223 e. The Morgan fingerprint density at radius 2 is 2.27 bits per heavy atom. The van der Waals surface area contributed by atoms with Crippen molar-refractivity contribution in [2.45, 2.75) is 38.6 Å². The van der Waals surface area contributed by atoms with E-state index in [9.17, 15) is 4.79 Å². The van der Waals surface area contributed by atoms with Gasteiger partial charge >= 0.3 is 0 Å². The highest BCUT2D eigenvalue weighted by molar-refractivity contribution is 5.79. The van der Waals surface area contributed by atoms with Gasteiger partial charge in [0.1, 0.15) is 0 Å². The Kier molecular flexibility index (Phi) is 2.94. The molecule has 1 aliphatic rings. The minimum Gasteiger partial charge on any atom is -0.346 e. The molecule has 2 N–H and O–H groups in total. The van der Waals surface area contributed by atoms with Crippen LogP contribution in [0.25, 0.3) is 0 Å². The van der Waals surface area contributed by atoms with Gasteiger partial charge in [-0.1, -0.05) is 18.1 Å². The van der Waals surface area contributed by atoms with E-state index in [2.05, 4.69) is 25.9 Å². The first-order valence-corrected chi connectivity index (χ1v) is 5.31. The van der Waals surface area contributed by atoms with Gasteiger partial charge in [-0.2, -0.15) is 5.21 Å². The number of carbonyl (C=O) groups is 1. The first kappa shape index (κ1) is 10.1. The average Bonchev–Trinajstić information content (AvgIpc) is 2.91. The van der Waals surface area contributed by atoms with Crippen LogP contribution >= 0.6 is 0 Å². The molecule has 0 aliphatic heterocycles. The van der Waals surface area contributed by atoms with Gasteiger partial charge < -0.3 is 5.32 Å². The first-order chi connectivity index (χ1) is 7.27. The third kappa shape index (κ3) is 2.31. The third-order valence-electron chi connectivity index (χ3n) is 2.83. The number of nitrogens with one attached hydrogen (secondary N) is 2. The lowest BCUT2D eigenvalue weighted by Crippen LogP contribution is -2.32. The standard InChI is InChI=1S/C9H15N5O/c1-6(8-11-13-14-12-8)10-9(15)7-4-2-3-5-7/h6-7H,2-5H2,1H3,(H,10,15)(H,11,12,13,14). The molecular formula is C9H15N5O. The number of nitrogens with zero attached hydrogens (tertiary/aromatic N) is 3. The van der Waals surface area contributed by atoms with Crippen LogP contribution in [0.1, 0.15) is 44.5 Å². The minimum absolute atomic E-state index is 0.116. The molecule has 2 rings (SSSR count). The van der Waals surface area contributed by atoms with Gasteiger partial charge in [0.25, 0.3) is 0 Å². The van der Waals surface area contributed by atoms with Gasteiger partial charge in [0.05, 0.1) is 6.04 Å². The number of aromatic amines is 1. The second-order valence-corrected chi connectivity index (χ2v) is 3.98. The molecule has 1 atom stereocenters. The van der Waals surface area contributed by atoms with E-state index in [4.69, 9.17) is 0 Å². The summed E-state index contributed by atoms with van der Waals surface area (Å²) in [7, 11) is 0. The predicted octanol–water partition coefficient (Wildman–Crippen LogP) is 0.567. The van der Waals surface area contributed by atoms with Crippen molar-refractivity contribution in [3.05, 3.63) is 5.82 Å². The zero-order valence-electron chi connectivity index (χ0n) is 8.73. The number of aromatic nitrogens is 4. The summed E-state index contributed by atoms with van der Waals surface area (Å²) in [6.45, 7) is 1.86. The molecule has 1 unspecified atom stereocenters. The summed E-state index contributed by atoms with van der Waals surface area (Å²) in [4.78, 5) is 11.8. The van der Waals surface area contributed by atoms with Crippen LogP contribution in [0.15, 0.2) is 0 Å². The molecule has 0 saturated heterocycles. The number of tetrazole rings is 1. The normalized spacial score (nSPS) is 19.0. The summed E-state index contributed by atoms with van der Waals surface area (Å²) >= 11 is 0. The van der Waals surface area contributed by atoms with Crippen molar-refractivity contribution in [2.75, 3.05) is 0 Å². The Morgan fingerprint density at radius 1 is 1.53 bits per heavy atom. The van der Waals surface area contributed by atoms with E-state index >= 15 is 0 Å². The highest BCUT2D eigenvalue weighted by atomic mass is 16.1. The summed E-state index contributed by atoms with van der Waals surface area (Å²) in [6.07, 6.45) is 4.33. The second-order valence-electron chi connectivity index (χ2n) is 3.98. The van der Waals surface area contributed by atoms with Crippen LogP contribution in [0.5, 0.6) is 0 Å². The zero-order valence-corrected chi connectivity index (χ0v) is 8.73. The van der Waals surface area contributed by atoms with E-state index in [-0.39, 0.29) is 17.9 Å². The van der Waals surface area contributed by atoms with Gasteiger partial charge in [-0.25, -0.2) is 0 Å². The molecule has 0 spiro atoms. The predicted molar refractivity (Wildman–Crippen MR) is 52.7 cm³/mol. The van der Waals surface area contributed by atoms with E-state index < -0.39 is 0 Å². The lowest BCUT2D eigenvalue weighted by Gasteiger charge is -2.13. The van der Waals surface area contributed by atoms with Gasteiger partial charge in [0.15, 0.2) is 5.82 Å². The molecule has 82 valence electrons. The lowest BCUT2D eigenvalue weighted by molar-refractivity contribution is -0.125. The number of H-pyrrole nitrogens is 1. The molecule has 0 radical (unpaired) electrons. The molecule has 1 amide bonds. The van der Waals surface area contributed by atoms with E-state index in [1.165, 1.54) is 0 Å². The van der Waals surface area contributed by atoms with Crippen LogP contribution in [0.4, 0.5) is 0 Å². The topological polar surface area (TPSA) is 83.6 Å². The fraction of sp³-hybridized carbons (Fsp3) is 0.778. The van der Waals surface area contributed by atoms with Crippen molar-refractivity contribution in [3.8, 4) is 0 Å². The van der Waals surface area contributed by atoms with Gasteiger partial charge in [-0.15, -0.1) is 10.2 Å². The van der Waals surface area contributed by atoms with Crippen LogP contribution < -0.4 is 5.32 Å². The van der Waals surface area contributed by atoms with E-state index in [1.54, 1.807) is 0 Å². The van der Waals surface area contributed by atoms with Gasteiger partial charge in [-0.05, 0) is 19.8 Å². The molecule has 0 bridgehead atoms. The molecule has 1 saturated carbocycles. The molecule has 1 fully saturated rings. The van der Waals surface area contributed by atoms with Crippen molar-refractivity contribution in [1.82, 2.24) is 25.9 Å². The summed E-state index contributed by atoms with van der Waals surface area (Å²) in [5, 5.41) is 16.4. The molecule has 1 heterocycles.